The molecule has 2 fully saturated rings. The number of likely N-dealkylation sites (tertiary alicyclic amines) is 1. The summed E-state index contributed by atoms with van der Waals surface area (Å²) in [5.41, 5.74) is 1.81. The van der Waals surface area contributed by atoms with Gasteiger partial charge >= 0.3 is 0 Å². The van der Waals surface area contributed by atoms with Crippen molar-refractivity contribution in [2.45, 2.75) is 0 Å². The first-order chi connectivity index (χ1) is 12.2. The van der Waals surface area contributed by atoms with E-state index in [4.69, 9.17) is 4.74 Å². The minimum absolute atomic E-state index is 0.0848. The molecule has 0 spiro atoms. The van der Waals surface area contributed by atoms with Crippen LogP contribution in [0.15, 0.2) is 36.4 Å². The number of hydrogen-bond acceptors (Lipinski definition) is 5. The van der Waals surface area contributed by atoms with Gasteiger partial charge in [0.15, 0.2) is 5.82 Å². The number of nitrogens with zero attached hydrogens (tertiary/aromatic N) is 4. The lowest BCUT2D eigenvalue weighted by Gasteiger charge is -2.19. The Labute approximate surface area is 147 Å². The van der Waals surface area contributed by atoms with E-state index in [9.17, 15) is 4.39 Å². The van der Waals surface area contributed by atoms with Gasteiger partial charge in [-0.05, 0) is 55.3 Å². The number of alkyl halides is 1. The van der Waals surface area contributed by atoms with Gasteiger partial charge in [-0.1, -0.05) is 0 Å². The second-order valence-corrected chi connectivity index (χ2v) is 6.98. The van der Waals surface area contributed by atoms with Crippen LogP contribution < -0.4 is 9.64 Å². The molecule has 25 heavy (non-hydrogen) atoms. The van der Waals surface area contributed by atoms with E-state index in [1.807, 2.05) is 30.3 Å². The average molecular weight is 342 g/mol. The van der Waals surface area contributed by atoms with Gasteiger partial charge in [0.2, 0.25) is 0 Å². The average Bonchev–Trinajstić information content (AvgIpc) is 3.18. The fourth-order valence-corrected chi connectivity index (χ4v) is 3.94. The first-order valence-corrected chi connectivity index (χ1v) is 8.79. The van der Waals surface area contributed by atoms with Crippen molar-refractivity contribution in [3.63, 3.8) is 0 Å². The van der Waals surface area contributed by atoms with Gasteiger partial charge in [-0.15, -0.1) is 10.2 Å². The molecule has 2 aliphatic heterocycles. The van der Waals surface area contributed by atoms with Gasteiger partial charge < -0.3 is 14.5 Å². The van der Waals surface area contributed by atoms with E-state index in [1.165, 1.54) is 13.1 Å². The zero-order valence-electron chi connectivity index (χ0n) is 14.4. The fraction of sp³-hybridized carbons (Fsp3) is 0.474. The summed E-state index contributed by atoms with van der Waals surface area (Å²) >= 11 is 0. The maximum atomic E-state index is 12.1. The molecule has 0 radical (unpaired) electrons. The molecule has 2 unspecified atom stereocenters. The van der Waals surface area contributed by atoms with Crippen LogP contribution in [-0.4, -0.2) is 61.6 Å². The molecule has 0 saturated carbocycles. The van der Waals surface area contributed by atoms with Crippen LogP contribution in [-0.2, 0) is 0 Å². The number of aromatic nitrogens is 2. The van der Waals surface area contributed by atoms with Gasteiger partial charge in [0, 0.05) is 31.7 Å². The summed E-state index contributed by atoms with van der Waals surface area (Å²) in [5, 5.41) is 8.83. The summed E-state index contributed by atoms with van der Waals surface area (Å²) in [4.78, 5) is 4.77. The van der Waals surface area contributed by atoms with Crippen molar-refractivity contribution in [2.75, 3.05) is 51.4 Å². The topological polar surface area (TPSA) is 41.5 Å². The van der Waals surface area contributed by atoms with Gasteiger partial charge in [0.05, 0.1) is 5.69 Å². The molecular formula is C19H23FN4O. The molecule has 0 amide bonds. The van der Waals surface area contributed by atoms with Crippen molar-refractivity contribution in [1.29, 1.82) is 0 Å². The predicted molar refractivity (Wildman–Crippen MR) is 95.6 cm³/mol. The molecule has 2 saturated heterocycles. The molecule has 3 heterocycles. The van der Waals surface area contributed by atoms with E-state index in [-0.39, 0.29) is 6.61 Å². The van der Waals surface area contributed by atoms with Crippen molar-refractivity contribution < 1.29 is 9.13 Å². The van der Waals surface area contributed by atoms with Crippen molar-refractivity contribution in [3.8, 4) is 17.0 Å². The molecule has 0 N–H and O–H groups in total. The highest BCUT2D eigenvalue weighted by atomic mass is 19.1. The lowest BCUT2D eigenvalue weighted by molar-refractivity contribution is 0.273. The Morgan fingerprint density at radius 2 is 1.72 bits per heavy atom. The SMILES string of the molecule is CN1CC2CN(c3ccc(-c4ccc(OCCF)cc4)nn3)CC2C1. The number of fused-ring (bicyclic) bond motifs is 1. The summed E-state index contributed by atoms with van der Waals surface area (Å²) in [6.07, 6.45) is 0. The third kappa shape index (κ3) is 3.44. The van der Waals surface area contributed by atoms with Gasteiger partial charge in [0.25, 0.3) is 0 Å². The number of hydrogen-bond donors (Lipinski definition) is 0. The molecule has 1 aromatic heterocycles. The normalized spacial score (nSPS) is 23.0. The second-order valence-electron chi connectivity index (χ2n) is 6.98. The fourth-order valence-electron chi connectivity index (χ4n) is 3.94. The molecular weight excluding hydrogens is 319 g/mol. The van der Waals surface area contributed by atoms with Crippen LogP contribution in [0, 0.1) is 11.8 Å². The summed E-state index contributed by atoms with van der Waals surface area (Å²) < 4.78 is 17.4. The third-order valence-corrected chi connectivity index (χ3v) is 5.14. The number of ether oxygens (including phenoxy) is 1. The lowest BCUT2D eigenvalue weighted by Crippen LogP contribution is -2.27. The second kappa shape index (κ2) is 6.96. The standard InChI is InChI=1S/C19H23FN4O/c1-23-10-15-12-24(13-16(15)11-23)19-7-6-18(21-22-19)14-2-4-17(5-3-14)25-9-8-20/h2-7,15-16H,8-13H2,1H3. The maximum Gasteiger partial charge on any atom is 0.151 e. The first-order valence-electron chi connectivity index (χ1n) is 8.79. The highest BCUT2D eigenvalue weighted by Gasteiger charge is 2.39. The molecule has 2 aromatic rings. The summed E-state index contributed by atoms with van der Waals surface area (Å²) in [6.45, 7) is 4.12. The molecule has 132 valence electrons. The van der Waals surface area contributed by atoms with E-state index in [0.29, 0.717) is 5.75 Å². The molecule has 1 aromatic carbocycles. The molecule has 0 aliphatic carbocycles. The largest absolute Gasteiger partial charge is 0.491 e. The zero-order chi connectivity index (χ0) is 17.2. The quantitative estimate of drug-likeness (QED) is 0.835. The number of benzene rings is 1. The van der Waals surface area contributed by atoms with Gasteiger partial charge in [0.1, 0.15) is 19.0 Å². The Balaban J connectivity index is 1.42. The Morgan fingerprint density at radius 3 is 2.32 bits per heavy atom. The smallest absolute Gasteiger partial charge is 0.151 e. The van der Waals surface area contributed by atoms with Crippen LogP contribution in [0.2, 0.25) is 0 Å². The minimum Gasteiger partial charge on any atom is -0.491 e. The zero-order valence-corrected chi connectivity index (χ0v) is 14.4. The van der Waals surface area contributed by atoms with Crippen molar-refractivity contribution >= 4 is 5.82 Å². The van der Waals surface area contributed by atoms with E-state index < -0.39 is 6.67 Å². The van der Waals surface area contributed by atoms with E-state index in [1.54, 1.807) is 0 Å². The van der Waals surface area contributed by atoms with E-state index in [0.717, 1.165) is 42.0 Å². The summed E-state index contributed by atoms with van der Waals surface area (Å²) in [7, 11) is 2.20. The first kappa shape index (κ1) is 16.3. The number of halogens is 1. The van der Waals surface area contributed by atoms with E-state index >= 15 is 0 Å². The van der Waals surface area contributed by atoms with Crippen LogP contribution >= 0.6 is 0 Å². The third-order valence-electron chi connectivity index (χ3n) is 5.14. The minimum atomic E-state index is -0.483. The van der Waals surface area contributed by atoms with Crippen molar-refractivity contribution in [1.82, 2.24) is 15.1 Å². The van der Waals surface area contributed by atoms with Crippen LogP contribution in [0.3, 0.4) is 0 Å². The van der Waals surface area contributed by atoms with Crippen LogP contribution in [0.25, 0.3) is 11.3 Å². The molecule has 2 aliphatic rings. The molecule has 4 rings (SSSR count). The van der Waals surface area contributed by atoms with Crippen molar-refractivity contribution in [2.24, 2.45) is 11.8 Å². The van der Waals surface area contributed by atoms with E-state index in [2.05, 4.69) is 33.1 Å². The Morgan fingerprint density at radius 1 is 1.00 bits per heavy atom. The molecule has 5 nitrogen and oxygen atoms in total. The van der Waals surface area contributed by atoms with Gasteiger partial charge in [-0.2, -0.15) is 0 Å². The van der Waals surface area contributed by atoms with Crippen LogP contribution in [0.1, 0.15) is 0 Å². The number of anilines is 1. The molecule has 0 bridgehead atoms. The molecule has 6 heteroatoms. The van der Waals surface area contributed by atoms with Crippen LogP contribution in [0.5, 0.6) is 5.75 Å². The predicted octanol–water partition coefficient (Wildman–Crippen LogP) is 2.49. The number of rotatable bonds is 5. The summed E-state index contributed by atoms with van der Waals surface area (Å²) in [6, 6.07) is 11.6. The Kier molecular flexibility index (Phi) is 4.53. The summed E-state index contributed by atoms with van der Waals surface area (Å²) in [5.74, 6) is 3.13. The Bertz CT molecular complexity index is 692. The van der Waals surface area contributed by atoms with Crippen molar-refractivity contribution in [3.05, 3.63) is 36.4 Å². The molecule has 2 atom stereocenters. The highest BCUT2D eigenvalue weighted by Crippen LogP contribution is 2.32. The lowest BCUT2D eigenvalue weighted by atomic mass is 10.0. The monoisotopic (exact) mass is 342 g/mol. The Hall–Kier alpha value is -2.21. The highest BCUT2D eigenvalue weighted by molar-refractivity contribution is 5.60. The maximum absolute atomic E-state index is 12.1. The van der Waals surface area contributed by atoms with Gasteiger partial charge in [-0.25, -0.2) is 4.39 Å². The van der Waals surface area contributed by atoms with Crippen LogP contribution in [0.4, 0.5) is 10.2 Å². The van der Waals surface area contributed by atoms with Gasteiger partial charge in [-0.3, -0.25) is 0 Å².